The van der Waals surface area contributed by atoms with E-state index in [4.69, 9.17) is 0 Å². The van der Waals surface area contributed by atoms with Crippen LogP contribution in [0.5, 0.6) is 0 Å². The fraction of sp³-hybridized carbons (Fsp3) is 0.0714. The summed E-state index contributed by atoms with van der Waals surface area (Å²) in [5.74, 6) is 0.153. The minimum atomic E-state index is -0.430. The number of hydrogen-bond acceptors (Lipinski definition) is 5. The van der Waals surface area contributed by atoms with Crippen molar-refractivity contribution in [3.63, 3.8) is 0 Å². The first-order valence-corrected chi connectivity index (χ1v) is 6.19. The number of benzene rings is 1. The molecule has 0 radical (unpaired) electrons. The number of methoxy groups -OCH3 is 1. The number of aromatic amines is 2. The van der Waals surface area contributed by atoms with Gasteiger partial charge in [-0.2, -0.15) is 0 Å². The van der Waals surface area contributed by atoms with Crippen LogP contribution >= 0.6 is 0 Å². The maximum Gasteiger partial charge on any atom is 0.339 e. The maximum atomic E-state index is 11.3. The third kappa shape index (κ3) is 2.62. The first-order valence-electron chi connectivity index (χ1n) is 6.19. The lowest BCUT2D eigenvalue weighted by Crippen LogP contribution is -2.02. The smallest absolute Gasteiger partial charge is 0.339 e. The summed E-state index contributed by atoms with van der Waals surface area (Å²) in [5.41, 5.74) is 2.35. The van der Waals surface area contributed by atoms with Gasteiger partial charge in [-0.05, 0) is 30.3 Å². The quantitative estimate of drug-likeness (QED) is 0.637. The molecule has 0 amide bonds. The van der Waals surface area contributed by atoms with Crippen LogP contribution in [-0.2, 0) is 4.74 Å². The third-order valence-electron chi connectivity index (χ3n) is 2.97. The number of carbonyl (C=O) groups excluding carboxylic acids is 1. The summed E-state index contributed by atoms with van der Waals surface area (Å²) in [6, 6.07) is 8.71. The van der Waals surface area contributed by atoms with Crippen LogP contribution in [0, 0.1) is 0 Å². The van der Waals surface area contributed by atoms with E-state index in [-0.39, 0.29) is 5.69 Å². The summed E-state index contributed by atoms with van der Waals surface area (Å²) < 4.78 is 4.61. The average Bonchev–Trinajstić information content (AvgIpc) is 2.86. The summed E-state index contributed by atoms with van der Waals surface area (Å²) in [6.07, 6.45) is 1.44. The van der Waals surface area contributed by atoms with Crippen molar-refractivity contribution >= 4 is 28.5 Å². The van der Waals surface area contributed by atoms with E-state index in [2.05, 4.69) is 25.0 Å². The molecular weight excluding hydrogens is 272 g/mol. The standard InChI is InChI=1S/C14H12N4O3/c1-21-13(19)8-2-5-12(15-7-8)16-9-3-4-10-11(6-9)18-14(20)17-10/h2-7H,1H3,(H,15,16)(H2,17,18,20). The van der Waals surface area contributed by atoms with Crippen molar-refractivity contribution in [2.24, 2.45) is 0 Å². The lowest BCUT2D eigenvalue weighted by molar-refractivity contribution is 0.0600. The molecule has 7 nitrogen and oxygen atoms in total. The van der Waals surface area contributed by atoms with Gasteiger partial charge in [-0.15, -0.1) is 0 Å². The van der Waals surface area contributed by atoms with Crippen molar-refractivity contribution in [1.29, 1.82) is 0 Å². The number of aromatic nitrogens is 3. The summed E-state index contributed by atoms with van der Waals surface area (Å²) >= 11 is 0. The van der Waals surface area contributed by atoms with Gasteiger partial charge in [0.15, 0.2) is 0 Å². The predicted octanol–water partition coefficient (Wildman–Crippen LogP) is 1.78. The molecule has 3 aromatic rings. The minimum Gasteiger partial charge on any atom is -0.465 e. The SMILES string of the molecule is COC(=O)c1ccc(Nc2ccc3[nH]c(=O)[nH]c3c2)nc1. The molecule has 21 heavy (non-hydrogen) atoms. The first-order chi connectivity index (χ1) is 10.2. The Morgan fingerprint density at radius 3 is 2.71 bits per heavy atom. The normalized spacial score (nSPS) is 10.5. The van der Waals surface area contributed by atoms with E-state index in [0.717, 1.165) is 11.2 Å². The molecule has 3 N–H and O–H groups in total. The Labute approximate surface area is 119 Å². The van der Waals surface area contributed by atoms with Gasteiger partial charge >= 0.3 is 11.7 Å². The zero-order valence-electron chi connectivity index (χ0n) is 11.1. The van der Waals surface area contributed by atoms with Gasteiger partial charge in [0.25, 0.3) is 0 Å². The Bertz CT molecular complexity index is 849. The number of hydrogen-bond donors (Lipinski definition) is 3. The molecule has 0 aliphatic carbocycles. The van der Waals surface area contributed by atoms with Crippen LogP contribution in [0.15, 0.2) is 41.3 Å². The van der Waals surface area contributed by atoms with Crippen molar-refractivity contribution in [2.75, 3.05) is 12.4 Å². The van der Waals surface area contributed by atoms with E-state index < -0.39 is 5.97 Å². The van der Waals surface area contributed by atoms with Crippen LogP contribution in [0.1, 0.15) is 10.4 Å². The van der Waals surface area contributed by atoms with Gasteiger partial charge in [0.2, 0.25) is 0 Å². The monoisotopic (exact) mass is 284 g/mol. The number of H-pyrrole nitrogens is 2. The Hall–Kier alpha value is -3.09. The zero-order chi connectivity index (χ0) is 14.8. The molecule has 0 aliphatic heterocycles. The average molecular weight is 284 g/mol. The number of nitrogens with one attached hydrogen (secondary N) is 3. The van der Waals surface area contributed by atoms with Gasteiger partial charge in [0, 0.05) is 11.9 Å². The van der Waals surface area contributed by atoms with E-state index in [9.17, 15) is 9.59 Å². The lowest BCUT2D eigenvalue weighted by atomic mass is 10.2. The van der Waals surface area contributed by atoms with Crippen LogP contribution in [0.4, 0.5) is 11.5 Å². The van der Waals surface area contributed by atoms with Gasteiger partial charge in [-0.1, -0.05) is 0 Å². The van der Waals surface area contributed by atoms with Crippen LogP contribution in [-0.4, -0.2) is 28.0 Å². The lowest BCUT2D eigenvalue weighted by Gasteiger charge is -2.06. The predicted molar refractivity (Wildman–Crippen MR) is 77.8 cm³/mol. The number of carbonyl (C=O) groups is 1. The van der Waals surface area contributed by atoms with Gasteiger partial charge in [-0.3, -0.25) is 0 Å². The highest BCUT2D eigenvalue weighted by atomic mass is 16.5. The second-order valence-corrected chi connectivity index (χ2v) is 4.39. The summed E-state index contributed by atoms with van der Waals surface area (Å²) in [5, 5.41) is 3.09. The number of rotatable bonds is 3. The second kappa shape index (κ2) is 5.12. The van der Waals surface area contributed by atoms with E-state index >= 15 is 0 Å². The molecule has 2 aromatic heterocycles. The number of ether oxygens (including phenoxy) is 1. The number of nitrogens with zero attached hydrogens (tertiary/aromatic N) is 1. The maximum absolute atomic E-state index is 11.3. The molecule has 0 spiro atoms. The Balaban J connectivity index is 1.84. The van der Waals surface area contributed by atoms with Crippen molar-refractivity contribution in [3.05, 3.63) is 52.6 Å². The largest absolute Gasteiger partial charge is 0.465 e. The Kier molecular flexibility index (Phi) is 3.15. The van der Waals surface area contributed by atoms with Gasteiger partial charge in [0.1, 0.15) is 5.82 Å². The number of anilines is 2. The van der Waals surface area contributed by atoms with Crippen LogP contribution < -0.4 is 11.0 Å². The molecule has 1 aromatic carbocycles. The summed E-state index contributed by atoms with van der Waals surface area (Å²) in [4.78, 5) is 32.0. The number of pyridine rings is 1. The number of esters is 1. The number of fused-ring (bicyclic) bond motifs is 1. The van der Waals surface area contributed by atoms with Gasteiger partial charge in [0.05, 0.1) is 23.7 Å². The highest BCUT2D eigenvalue weighted by Crippen LogP contribution is 2.18. The topological polar surface area (TPSA) is 99.9 Å². The van der Waals surface area contributed by atoms with Crippen molar-refractivity contribution < 1.29 is 9.53 Å². The van der Waals surface area contributed by atoms with Crippen LogP contribution in [0.3, 0.4) is 0 Å². The van der Waals surface area contributed by atoms with E-state index in [1.54, 1.807) is 24.3 Å². The summed E-state index contributed by atoms with van der Waals surface area (Å²) in [7, 11) is 1.32. The highest BCUT2D eigenvalue weighted by molar-refractivity contribution is 5.89. The highest BCUT2D eigenvalue weighted by Gasteiger charge is 2.06. The molecule has 0 atom stereocenters. The van der Waals surface area contributed by atoms with Crippen molar-refractivity contribution in [3.8, 4) is 0 Å². The Morgan fingerprint density at radius 1 is 1.19 bits per heavy atom. The van der Waals surface area contributed by atoms with Crippen molar-refractivity contribution in [2.45, 2.75) is 0 Å². The molecule has 2 heterocycles. The van der Waals surface area contributed by atoms with E-state index in [0.29, 0.717) is 16.9 Å². The fourth-order valence-corrected chi connectivity index (χ4v) is 1.96. The molecular formula is C14H12N4O3. The third-order valence-corrected chi connectivity index (χ3v) is 2.97. The van der Waals surface area contributed by atoms with E-state index in [1.165, 1.54) is 13.3 Å². The van der Waals surface area contributed by atoms with Gasteiger partial charge < -0.3 is 20.0 Å². The molecule has 0 unspecified atom stereocenters. The molecule has 0 saturated carbocycles. The van der Waals surface area contributed by atoms with Crippen LogP contribution in [0.2, 0.25) is 0 Å². The molecule has 0 saturated heterocycles. The first kappa shape index (κ1) is 12.9. The van der Waals surface area contributed by atoms with Gasteiger partial charge in [-0.25, -0.2) is 14.6 Å². The minimum absolute atomic E-state index is 0.247. The van der Waals surface area contributed by atoms with Crippen molar-refractivity contribution in [1.82, 2.24) is 15.0 Å². The molecule has 7 heteroatoms. The Morgan fingerprint density at radius 2 is 2.00 bits per heavy atom. The molecule has 3 rings (SSSR count). The molecule has 0 aliphatic rings. The van der Waals surface area contributed by atoms with Crippen LogP contribution in [0.25, 0.3) is 11.0 Å². The molecule has 0 fully saturated rings. The number of imidazole rings is 1. The molecule has 106 valence electrons. The zero-order valence-corrected chi connectivity index (χ0v) is 11.1. The fourth-order valence-electron chi connectivity index (χ4n) is 1.96. The summed E-state index contributed by atoms with van der Waals surface area (Å²) in [6.45, 7) is 0. The second-order valence-electron chi connectivity index (χ2n) is 4.39. The van der Waals surface area contributed by atoms with E-state index in [1.807, 2.05) is 6.07 Å². The molecule has 0 bridgehead atoms.